The van der Waals surface area contributed by atoms with E-state index in [1.54, 1.807) is 10.9 Å². The topological polar surface area (TPSA) is 80.1 Å². The van der Waals surface area contributed by atoms with Crippen molar-refractivity contribution in [1.82, 2.24) is 25.0 Å². The molecule has 2 aromatic rings. The Labute approximate surface area is 141 Å². The molecule has 1 aliphatic heterocycles. The molecule has 3 rings (SSSR count). The first kappa shape index (κ1) is 16.4. The number of carbonyl (C=O) groups is 2. The number of fused-ring (bicyclic) bond motifs is 1. The van der Waals surface area contributed by atoms with Crippen LogP contribution in [0.15, 0.2) is 18.3 Å². The fourth-order valence-electron chi connectivity index (χ4n) is 3.13. The summed E-state index contributed by atoms with van der Waals surface area (Å²) in [5.74, 6) is 0.0576. The summed E-state index contributed by atoms with van der Waals surface area (Å²) in [5, 5.41) is 8.24. The molecule has 24 heavy (non-hydrogen) atoms. The molecule has 0 spiro atoms. The predicted molar refractivity (Wildman–Crippen MR) is 90.3 cm³/mol. The van der Waals surface area contributed by atoms with E-state index < -0.39 is 0 Å². The molecule has 1 atom stereocenters. The lowest BCUT2D eigenvalue weighted by Gasteiger charge is -2.32. The van der Waals surface area contributed by atoms with Crippen LogP contribution >= 0.6 is 0 Å². The van der Waals surface area contributed by atoms with E-state index in [4.69, 9.17) is 0 Å². The Morgan fingerprint density at radius 1 is 1.42 bits per heavy atom. The number of amides is 2. The summed E-state index contributed by atoms with van der Waals surface area (Å²) in [6.07, 6.45) is 4.31. The van der Waals surface area contributed by atoms with E-state index in [0.717, 1.165) is 30.5 Å². The second kappa shape index (κ2) is 6.98. The molecule has 0 radical (unpaired) electrons. The molecule has 2 amide bonds. The van der Waals surface area contributed by atoms with Gasteiger partial charge < -0.3 is 10.2 Å². The lowest BCUT2D eigenvalue weighted by molar-refractivity contribution is -0.136. The highest BCUT2D eigenvalue weighted by Gasteiger charge is 2.23. The number of carbonyl (C=O) groups excluding carboxylic acids is 2. The lowest BCUT2D eigenvalue weighted by Crippen LogP contribution is -2.47. The normalized spacial score (nSPS) is 16.4. The molecule has 1 aliphatic rings. The van der Waals surface area contributed by atoms with Crippen molar-refractivity contribution in [2.24, 2.45) is 0 Å². The summed E-state index contributed by atoms with van der Waals surface area (Å²) in [4.78, 5) is 30.3. The maximum atomic E-state index is 12.2. The number of likely N-dealkylation sites (tertiary alicyclic amines) is 1. The van der Waals surface area contributed by atoms with E-state index in [0.29, 0.717) is 18.6 Å². The van der Waals surface area contributed by atoms with E-state index in [9.17, 15) is 9.59 Å². The van der Waals surface area contributed by atoms with Crippen molar-refractivity contribution in [3.63, 3.8) is 0 Å². The quantitative estimate of drug-likeness (QED) is 0.895. The third-order valence-corrected chi connectivity index (χ3v) is 4.47. The van der Waals surface area contributed by atoms with Crippen molar-refractivity contribution < 1.29 is 9.59 Å². The van der Waals surface area contributed by atoms with Gasteiger partial charge in [-0.05, 0) is 38.8 Å². The first-order valence-corrected chi connectivity index (χ1v) is 8.40. The van der Waals surface area contributed by atoms with Gasteiger partial charge in [-0.25, -0.2) is 9.67 Å². The molecule has 2 aromatic heterocycles. The van der Waals surface area contributed by atoms with Crippen molar-refractivity contribution in [1.29, 1.82) is 0 Å². The van der Waals surface area contributed by atoms with Crippen LogP contribution in [0.5, 0.6) is 0 Å². The minimum Gasteiger partial charge on any atom is -0.352 e. The highest BCUT2D eigenvalue weighted by Crippen LogP contribution is 2.15. The van der Waals surface area contributed by atoms with Gasteiger partial charge in [-0.3, -0.25) is 9.59 Å². The van der Waals surface area contributed by atoms with Crippen LogP contribution in [0.1, 0.15) is 31.9 Å². The molecule has 0 aromatic carbocycles. The van der Waals surface area contributed by atoms with Gasteiger partial charge in [0.25, 0.3) is 0 Å². The number of aromatic nitrogens is 3. The zero-order valence-corrected chi connectivity index (χ0v) is 14.2. The second-order valence-electron chi connectivity index (χ2n) is 6.31. The fourth-order valence-corrected chi connectivity index (χ4v) is 3.13. The molecule has 3 heterocycles. The van der Waals surface area contributed by atoms with Crippen LogP contribution in [0.3, 0.4) is 0 Å². The largest absolute Gasteiger partial charge is 0.352 e. The molecule has 0 bridgehead atoms. The van der Waals surface area contributed by atoms with Gasteiger partial charge in [-0.2, -0.15) is 5.10 Å². The number of nitrogens with one attached hydrogen (secondary N) is 1. The smallest absolute Gasteiger partial charge is 0.241 e. The van der Waals surface area contributed by atoms with Gasteiger partial charge in [0, 0.05) is 37.1 Å². The van der Waals surface area contributed by atoms with Crippen molar-refractivity contribution in [2.75, 3.05) is 13.1 Å². The number of hydrogen-bond acceptors (Lipinski definition) is 4. The standard InChI is InChI=1S/C17H23N5O2/c1-12(21-9-4-3-7-16(21)24)10-19-15(23)11-22-17-14(13(2)20-22)6-5-8-18-17/h5-6,8,12H,3-4,7,9-11H2,1-2H3,(H,19,23). The Hall–Kier alpha value is -2.44. The maximum Gasteiger partial charge on any atom is 0.241 e. The number of hydrogen-bond donors (Lipinski definition) is 1. The van der Waals surface area contributed by atoms with Gasteiger partial charge in [-0.1, -0.05) is 0 Å². The average Bonchev–Trinajstić information content (AvgIpc) is 2.89. The average molecular weight is 329 g/mol. The van der Waals surface area contributed by atoms with Gasteiger partial charge in [-0.15, -0.1) is 0 Å². The van der Waals surface area contributed by atoms with Crippen LogP contribution in [-0.4, -0.2) is 50.6 Å². The van der Waals surface area contributed by atoms with Crippen LogP contribution in [-0.2, 0) is 16.1 Å². The van der Waals surface area contributed by atoms with Crippen molar-refractivity contribution >= 4 is 22.8 Å². The summed E-state index contributed by atoms with van der Waals surface area (Å²) in [7, 11) is 0. The molecule has 128 valence electrons. The summed E-state index contributed by atoms with van der Waals surface area (Å²) >= 11 is 0. The molecular weight excluding hydrogens is 306 g/mol. The molecular formula is C17H23N5O2. The predicted octanol–water partition coefficient (Wildman–Crippen LogP) is 1.26. The zero-order chi connectivity index (χ0) is 17.1. The highest BCUT2D eigenvalue weighted by atomic mass is 16.2. The molecule has 0 saturated carbocycles. The Kier molecular flexibility index (Phi) is 4.78. The summed E-state index contributed by atoms with van der Waals surface area (Å²) in [5.41, 5.74) is 1.57. The Morgan fingerprint density at radius 3 is 3.04 bits per heavy atom. The van der Waals surface area contributed by atoms with E-state index in [-0.39, 0.29) is 24.4 Å². The van der Waals surface area contributed by atoms with Crippen molar-refractivity contribution in [3.05, 3.63) is 24.0 Å². The number of piperidine rings is 1. The monoisotopic (exact) mass is 329 g/mol. The minimum atomic E-state index is -0.124. The highest BCUT2D eigenvalue weighted by molar-refractivity contribution is 5.81. The van der Waals surface area contributed by atoms with E-state index in [2.05, 4.69) is 15.4 Å². The van der Waals surface area contributed by atoms with E-state index >= 15 is 0 Å². The summed E-state index contributed by atoms with van der Waals surface area (Å²) in [6.45, 7) is 5.24. The molecule has 7 nitrogen and oxygen atoms in total. The number of aryl methyl sites for hydroxylation is 1. The Bertz CT molecular complexity index is 755. The van der Waals surface area contributed by atoms with Crippen molar-refractivity contribution in [2.45, 2.75) is 45.7 Å². The van der Waals surface area contributed by atoms with Gasteiger partial charge in [0.2, 0.25) is 11.8 Å². The van der Waals surface area contributed by atoms with Gasteiger partial charge >= 0.3 is 0 Å². The fraction of sp³-hybridized carbons (Fsp3) is 0.529. The minimum absolute atomic E-state index is 0.0102. The lowest BCUT2D eigenvalue weighted by atomic mass is 10.1. The van der Waals surface area contributed by atoms with Crippen LogP contribution < -0.4 is 5.32 Å². The van der Waals surface area contributed by atoms with Crippen LogP contribution in [0.4, 0.5) is 0 Å². The molecule has 1 unspecified atom stereocenters. The molecule has 7 heteroatoms. The zero-order valence-electron chi connectivity index (χ0n) is 14.2. The Morgan fingerprint density at radius 2 is 2.25 bits per heavy atom. The van der Waals surface area contributed by atoms with Gasteiger partial charge in [0.1, 0.15) is 6.54 Å². The number of rotatable bonds is 5. The van der Waals surface area contributed by atoms with E-state index in [1.165, 1.54) is 0 Å². The van der Waals surface area contributed by atoms with Crippen molar-refractivity contribution in [3.8, 4) is 0 Å². The third kappa shape index (κ3) is 3.39. The Balaban J connectivity index is 1.58. The number of pyridine rings is 1. The summed E-state index contributed by atoms with van der Waals surface area (Å²) in [6, 6.07) is 3.82. The molecule has 1 fully saturated rings. The van der Waals surface area contributed by atoms with Gasteiger partial charge in [0.15, 0.2) is 5.65 Å². The maximum absolute atomic E-state index is 12.2. The second-order valence-corrected chi connectivity index (χ2v) is 6.31. The first-order valence-electron chi connectivity index (χ1n) is 8.40. The molecule has 1 N–H and O–H groups in total. The molecule has 0 aliphatic carbocycles. The van der Waals surface area contributed by atoms with Crippen LogP contribution in [0, 0.1) is 6.92 Å². The van der Waals surface area contributed by atoms with Gasteiger partial charge in [0.05, 0.1) is 5.69 Å². The molecule has 1 saturated heterocycles. The van der Waals surface area contributed by atoms with E-state index in [1.807, 2.05) is 30.9 Å². The van der Waals surface area contributed by atoms with Crippen LogP contribution in [0.25, 0.3) is 11.0 Å². The summed E-state index contributed by atoms with van der Waals surface area (Å²) < 4.78 is 1.62. The SMILES string of the molecule is Cc1nn(CC(=O)NCC(C)N2CCCCC2=O)c2ncccc12. The first-order chi connectivity index (χ1) is 11.6. The third-order valence-electron chi connectivity index (χ3n) is 4.47. The number of nitrogens with zero attached hydrogens (tertiary/aromatic N) is 4. The van der Waals surface area contributed by atoms with Crippen LogP contribution in [0.2, 0.25) is 0 Å².